The number of guanidine groups is 1. The van der Waals surface area contributed by atoms with E-state index in [9.17, 15) is 0 Å². The molecule has 2 aliphatic rings. The molecular formula is C17H29IN4O2. The van der Waals surface area contributed by atoms with E-state index in [-0.39, 0.29) is 24.0 Å². The molecule has 1 aliphatic carbocycles. The predicted molar refractivity (Wildman–Crippen MR) is 106 cm³/mol. The summed E-state index contributed by atoms with van der Waals surface area (Å²) in [4.78, 5) is 7.14. The Morgan fingerprint density at radius 2 is 2.17 bits per heavy atom. The van der Waals surface area contributed by atoms with Crippen LogP contribution in [0.4, 0.5) is 0 Å². The van der Waals surface area contributed by atoms with Crippen molar-refractivity contribution in [2.24, 2.45) is 10.9 Å². The van der Waals surface area contributed by atoms with Crippen LogP contribution in [0.5, 0.6) is 0 Å². The van der Waals surface area contributed by atoms with Crippen molar-refractivity contribution in [3.8, 4) is 0 Å². The molecule has 0 bridgehead atoms. The maximum Gasteiger partial charge on any atom is 0.191 e. The largest absolute Gasteiger partial charge is 0.469 e. The van der Waals surface area contributed by atoms with E-state index in [2.05, 4.69) is 22.5 Å². The zero-order valence-corrected chi connectivity index (χ0v) is 16.7. The van der Waals surface area contributed by atoms with E-state index in [0.717, 1.165) is 70.0 Å². The van der Waals surface area contributed by atoms with Gasteiger partial charge in [-0.15, -0.1) is 24.0 Å². The number of nitrogens with one attached hydrogen (secondary N) is 2. The van der Waals surface area contributed by atoms with E-state index in [1.807, 2.05) is 12.1 Å². The van der Waals surface area contributed by atoms with Crippen molar-refractivity contribution in [3.05, 3.63) is 24.2 Å². The Morgan fingerprint density at radius 1 is 1.38 bits per heavy atom. The molecule has 2 N–H and O–H groups in total. The topological polar surface area (TPSA) is 62.0 Å². The summed E-state index contributed by atoms with van der Waals surface area (Å²) in [5.74, 6) is 2.69. The lowest BCUT2D eigenvalue weighted by Crippen LogP contribution is -2.41. The smallest absolute Gasteiger partial charge is 0.191 e. The third kappa shape index (κ3) is 6.60. The van der Waals surface area contributed by atoms with Gasteiger partial charge in [0.05, 0.1) is 26.0 Å². The SMILES string of the molecule is CC1CC1NC(=NCCN1CCOCC1)NCCc1ccco1.I. The third-order valence-corrected chi connectivity index (χ3v) is 4.47. The number of hydrogen-bond acceptors (Lipinski definition) is 4. The first-order valence-electron chi connectivity index (χ1n) is 8.68. The van der Waals surface area contributed by atoms with E-state index in [0.29, 0.717) is 6.04 Å². The monoisotopic (exact) mass is 448 g/mol. The fraction of sp³-hybridized carbons (Fsp3) is 0.706. The third-order valence-electron chi connectivity index (χ3n) is 4.47. The summed E-state index contributed by atoms with van der Waals surface area (Å²) in [6.45, 7) is 8.63. The van der Waals surface area contributed by atoms with Gasteiger partial charge in [0.15, 0.2) is 5.96 Å². The molecule has 0 aromatic carbocycles. The Balaban J connectivity index is 0.00000208. The van der Waals surface area contributed by atoms with Gasteiger partial charge in [0.25, 0.3) is 0 Å². The van der Waals surface area contributed by atoms with Gasteiger partial charge in [0.1, 0.15) is 5.76 Å². The van der Waals surface area contributed by atoms with Crippen molar-refractivity contribution >= 4 is 29.9 Å². The second-order valence-electron chi connectivity index (χ2n) is 6.40. The summed E-state index contributed by atoms with van der Waals surface area (Å²) in [6, 6.07) is 4.51. The molecular weight excluding hydrogens is 419 g/mol. The highest BCUT2D eigenvalue weighted by atomic mass is 127. The molecule has 136 valence electrons. The molecule has 7 heteroatoms. The Hall–Kier alpha value is -0.800. The Kier molecular flexibility index (Phi) is 8.34. The van der Waals surface area contributed by atoms with Crippen LogP contribution in [0.2, 0.25) is 0 Å². The van der Waals surface area contributed by atoms with E-state index < -0.39 is 0 Å². The highest BCUT2D eigenvalue weighted by molar-refractivity contribution is 14.0. The first-order valence-corrected chi connectivity index (χ1v) is 8.68. The average molecular weight is 448 g/mol. The van der Waals surface area contributed by atoms with Crippen molar-refractivity contribution < 1.29 is 9.15 Å². The zero-order chi connectivity index (χ0) is 15.9. The fourth-order valence-electron chi connectivity index (χ4n) is 2.74. The van der Waals surface area contributed by atoms with E-state index in [1.54, 1.807) is 6.26 Å². The minimum absolute atomic E-state index is 0. The Bertz CT molecular complexity index is 489. The van der Waals surface area contributed by atoms with Gasteiger partial charge in [0.2, 0.25) is 0 Å². The Labute approximate surface area is 161 Å². The molecule has 1 saturated carbocycles. The first-order chi connectivity index (χ1) is 11.3. The molecule has 2 atom stereocenters. The van der Waals surface area contributed by atoms with Crippen molar-refractivity contribution in [2.45, 2.75) is 25.8 Å². The molecule has 2 fully saturated rings. The number of furan rings is 1. The van der Waals surface area contributed by atoms with Crippen molar-refractivity contribution in [1.29, 1.82) is 0 Å². The molecule has 3 rings (SSSR count). The van der Waals surface area contributed by atoms with Crippen LogP contribution in [0, 0.1) is 5.92 Å². The van der Waals surface area contributed by atoms with E-state index in [1.165, 1.54) is 6.42 Å². The van der Waals surface area contributed by atoms with Gasteiger partial charge < -0.3 is 19.8 Å². The predicted octanol–water partition coefficient (Wildman–Crippen LogP) is 1.72. The normalized spacial score (nSPS) is 24.3. The zero-order valence-electron chi connectivity index (χ0n) is 14.4. The highest BCUT2D eigenvalue weighted by Crippen LogP contribution is 2.28. The second-order valence-corrected chi connectivity index (χ2v) is 6.40. The second kappa shape index (κ2) is 10.2. The van der Waals surface area contributed by atoms with Gasteiger partial charge in [0, 0.05) is 38.6 Å². The minimum atomic E-state index is 0. The van der Waals surface area contributed by atoms with Crippen LogP contribution >= 0.6 is 24.0 Å². The summed E-state index contributed by atoms with van der Waals surface area (Å²) in [5, 5.41) is 6.95. The Morgan fingerprint density at radius 3 is 2.83 bits per heavy atom. The van der Waals surface area contributed by atoms with Gasteiger partial charge >= 0.3 is 0 Å². The molecule has 6 nitrogen and oxygen atoms in total. The van der Waals surface area contributed by atoms with Crippen LogP contribution in [0.1, 0.15) is 19.1 Å². The lowest BCUT2D eigenvalue weighted by atomic mass is 10.3. The summed E-state index contributed by atoms with van der Waals surface area (Å²) in [6.07, 6.45) is 3.83. The lowest BCUT2D eigenvalue weighted by molar-refractivity contribution is 0.0394. The van der Waals surface area contributed by atoms with Crippen molar-refractivity contribution in [1.82, 2.24) is 15.5 Å². The van der Waals surface area contributed by atoms with Crippen molar-refractivity contribution in [3.63, 3.8) is 0 Å². The van der Waals surface area contributed by atoms with Crippen molar-refractivity contribution in [2.75, 3.05) is 45.9 Å². The molecule has 0 amide bonds. The van der Waals surface area contributed by atoms with Gasteiger partial charge in [-0.2, -0.15) is 0 Å². The molecule has 1 aliphatic heterocycles. The van der Waals surface area contributed by atoms with Gasteiger partial charge in [-0.3, -0.25) is 9.89 Å². The number of nitrogens with zero attached hydrogens (tertiary/aromatic N) is 2. The van der Waals surface area contributed by atoms with Gasteiger partial charge in [-0.1, -0.05) is 6.92 Å². The van der Waals surface area contributed by atoms with Crippen LogP contribution in [0.25, 0.3) is 0 Å². The number of rotatable bonds is 7. The molecule has 1 aromatic heterocycles. The molecule has 1 aromatic rings. The van der Waals surface area contributed by atoms with Gasteiger partial charge in [-0.05, 0) is 24.5 Å². The number of ether oxygens (including phenoxy) is 1. The summed E-state index contributed by atoms with van der Waals surface area (Å²) < 4.78 is 10.7. The van der Waals surface area contributed by atoms with Crippen LogP contribution in [0.3, 0.4) is 0 Å². The molecule has 24 heavy (non-hydrogen) atoms. The first kappa shape index (κ1) is 19.5. The summed E-state index contributed by atoms with van der Waals surface area (Å²) in [5.41, 5.74) is 0. The van der Waals surface area contributed by atoms with E-state index in [4.69, 9.17) is 14.1 Å². The molecule has 2 heterocycles. The highest BCUT2D eigenvalue weighted by Gasteiger charge is 2.33. The summed E-state index contributed by atoms with van der Waals surface area (Å²) in [7, 11) is 0. The maximum atomic E-state index is 5.38. The number of morpholine rings is 1. The number of aliphatic imine (C=N–C) groups is 1. The standard InChI is InChI=1S/C17H28N4O2.HI/c1-14-13-16(14)20-17(18-5-4-15-3-2-10-23-15)19-6-7-21-8-11-22-12-9-21;/h2-3,10,14,16H,4-9,11-13H2,1H3,(H2,18,19,20);1H. The van der Waals surface area contributed by atoms with Gasteiger partial charge in [-0.25, -0.2) is 0 Å². The maximum absolute atomic E-state index is 5.38. The molecule has 0 spiro atoms. The molecule has 1 saturated heterocycles. The van der Waals surface area contributed by atoms with Crippen LogP contribution in [-0.4, -0.2) is 62.8 Å². The molecule has 2 unspecified atom stereocenters. The lowest BCUT2D eigenvalue weighted by Gasteiger charge is -2.25. The van der Waals surface area contributed by atoms with Crippen LogP contribution in [-0.2, 0) is 11.2 Å². The minimum Gasteiger partial charge on any atom is -0.469 e. The number of hydrogen-bond donors (Lipinski definition) is 2. The summed E-state index contributed by atoms with van der Waals surface area (Å²) >= 11 is 0. The quantitative estimate of drug-likeness (QED) is 0.378. The average Bonchev–Trinajstić information content (AvgIpc) is 3.02. The van der Waals surface area contributed by atoms with E-state index >= 15 is 0 Å². The fourth-order valence-corrected chi connectivity index (χ4v) is 2.74. The van der Waals surface area contributed by atoms with Crippen LogP contribution in [0.15, 0.2) is 27.8 Å². The molecule has 0 radical (unpaired) electrons. The van der Waals surface area contributed by atoms with Crippen LogP contribution < -0.4 is 10.6 Å². The number of halogens is 1.